The fraction of sp³-hybridized carbons (Fsp3) is 0.129. The van der Waals surface area contributed by atoms with Crippen molar-refractivity contribution in [3.63, 3.8) is 0 Å². The smallest absolute Gasteiger partial charge is 0.295 e. The number of benzene rings is 3. The lowest BCUT2D eigenvalue weighted by molar-refractivity contribution is -0.140. The lowest BCUT2D eigenvalue weighted by Gasteiger charge is -2.25. The number of likely N-dealkylation sites (tertiary alicyclic amines) is 1. The average Bonchev–Trinajstić information content (AvgIpc) is 3.18. The van der Waals surface area contributed by atoms with Gasteiger partial charge in [-0.25, -0.2) is 0 Å². The summed E-state index contributed by atoms with van der Waals surface area (Å²) in [7, 11) is 0. The molecule has 1 aliphatic heterocycles. The largest absolute Gasteiger partial charge is 0.508 e. The molecule has 5 rings (SSSR count). The molecule has 38 heavy (non-hydrogen) atoms. The van der Waals surface area contributed by atoms with Gasteiger partial charge in [0.15, 0.2) is 0 Å². The number of aliphatic hydroxyl groups is 1. The van der Waals surface area contributed by atoms with Crippen LogP contribution in [-0.2, 0) is 22.7 Å². The zero-order valence-electron chi connectivity index (χ0n) is 20.7. The maximum Gasteiger partial charge on any atom is 0.295 e. The molecule has 4 aromatic rings. The van der Waals surface area contributed by atoms with Gasteiger partial charge in [-0.2, -0.15) is 0 Å². The first-order valence-electron chi connectivity index (χ1n) is 12.2. The number of rotatable bonds is 7. The molecule has 2 heterocycles. The van der Waals surface area contributed by atoms with Crippen LogP contribution in [0.15, 0.2) is 103 Å². The molecule has 0 saturated carbocycles. The number of aromatic nitrogens is 1. The maximum atomic E-state index is 13.2. The first kappa shape index (κ1) is 24.8. The van der Waals surface area contributed by atoms with Gasteiger partial charge in [-0.05, 0) is 71.6 Å². The Bertz CT molecular complexity index is 1500. The minimum atomic E-state index is -0.840. The molecule has 1 atom stereocenters. The quantitative estimate of drug-likeness (QED) is 0.201. The van der Waals surface area contributed by atoms with E-state index in [0.29, 0.717) is 23.5 Å². The van der Waals surface area contributed by atoms with E-state index in [0.717, 1.165) is 16.7 Å². The third-order valence-electron chi connectivity index (χ3n) is 6.61. The number of Topliss-reactive ketones (excluding diaryl/α,β-unsaturated/α-hetero) is 1. The third kappa shape index (κ3) is 4.99. The van der Waals surface area contributed by atoms with E-state index in [4.69, 9.17) is 4.74 Å². The van der Waals surface area contributed by atoms with E-state index >= 15 is 0 Å². The lowest BCUT2D eigenvalue weighted by atomic mass is 9.95. The normalized spacial score (nSPS) is 16.6. The molecule has 7 nitrogen and oxygen atoms in total. The summed E-state index contributed by atoms with van der Waals surface area (Å²) in [5, 5.41) is 21.1. The highest BCUT2D eigenvalue weighted by molar-refractivity contribution is 6.46. The Morgan fingerprint density at radius 3 is 2.37 bits per heavy atom. The number of ketones is 1. The van der Waals surface area contributed by atoms with Gasteiger partial charge in [-0.15, -0.1) is 0 Å². The highest BCUT2D eigenvalue weighted by atomic mass is 16.5. The molecule has 3 aromatic carbocycles. The van der Waals surface area contributed by atoms with Gasteiger partial charge in [-0.3, -0.25) is 14.6 Å². The number of nitrogens with zero attached hydrogens (tertiary/aromatic N) is 2. The minimum absolute atomic E-state index is 0.0156. The number of pyridine rings is 1. The van der Waals surface area contributed by atoms with Crippen molar-refractivity contribution in [3.8, 4) is 11.5 Å². The zero-order chi connectivity index (χ0) is 26.6. The Morgan fingerprint density at radius 2 is 1.68 bits per heavy atom. The van der Waals surface area contributed by atoms with Crippen molar-refractivity contribution in [2.45, 2.75) is 26.1 Å². The standard InChI is InChI=1S/C31H26N2O5/c1-20-5-2-3-7-24(20)19-38-26-14-10-23(11-15-26)29(35)27-28(22-8-12-25(34)13-9-22)33(31(37)30(27)36)18-21-6-4-16-32-17-21/h2-17,28,34-35H,18-19H2,1H3/b29-27-. The number of hydrogen-bond acceptors (Lipinski definition) is 6. The number of carbonyl (C=O) groups is 2. The van der Waals surface area contributed by atoms with Gasteiger partial charge in [0, 0.05) is 24.5 Å². The van der Waals surface area contributed by atoms with E-state index in [9.17, 15) is 19.8 Å². The minimum Gasteiger partial charge on any atom is -0.508 e. The van der Waals surface area contributed by atoms with Crippen LogP contribution in [0.2, 0.25) is 0 Å². The van der Waals surface area contributed by atoms with Crippen LogP contribution in [0.1, 0.15) is 33.9 Å². The number of aromatic hydroxyl groups is 1. The fourth-order valence-electron chi connectivity index (χ4n) is 4.53. The first-order valence-corrected chi connectivity index (χ1v) is 12.2. The van der Waals surface area contributed by atoms with Crippen molar-refractivity contribution in [3.05, 3.63) is 131 Å². The molecule has 190 valence electrons. The van der Waals surface area contributed by atoms with Gasteiger partial charge in [-0.1, -0.05) is 42.5 Å². The third-order valence-corrected chi connectivity index (χ3v) is 6.61. The molecular weight excluding hydrogens is 480 g/mol. The van der Waals surface area contributed by atoms with Crippen molar-refractivity contribution in [1.29, 1.82) is 0 Å². The summed E-state index contributed by atoms with van der Waals surface area (Å²) in [4.78, 5) is 31.9. The van der Waals surface area contributed by atoms with Crippen molar-refractivity contribution in [2.75, 3.05) is 0 Å². The van der Waals surface area contributed by atoms with Gasteiger partial charge in [0.05, 0.1) is 11.6 Å². The molecule has 0 aliphatic carbocycles. The van der Waals surface area contributed by atoms with E-state index in [1.165, 1.54) is 17.0 Å². The van der Waals surface area contributed by atoms with Crippen LogP contribution in [0, 0.1) is 6.92 Å². The first-order chi connectivity index (χ1) is 18.4. The molecule has 1 unspecified atom stereocenters. The van der Waals surface area contributed by atoms with Crippen molar-refractivity contribution in [2.24, 2.45) is 0 Å². The number of ether oxygens (including phenoxy) is 1. The van der Waals surface area contributed by atoms with Crippen LogP contribution in [0.5, 0.6) is 11.5 Å². The molecule has 2 N–H and O–H groups in total. The number of aliphatic hydroxyl groups excluding tert-OH is 1. The molecule has 1 fully saturated rings. The molecule has 1 aliphatic rings. The number of aryl methyl sites for hydroxylation is 1. The fourth-order valence-corrected chi connectivity index (χ4v) is 4.53. The molecule has 7 heteroatoms. The van der Waals surface area contributed by atoms with E-state index in [1.807, 2.05) is 37.3 Å². The Morgan fingerprint density at radius 1 is 0.947 bits per heavy atom. The van der Waals surface area contributed by atoms with Crippen LogP contribution in [0.3, 0.4) is 0 Å². The predicted octanol–water partition coefficient (Wildman–Crippen LogP) is 5.30. The summed E-state index contributed by atoms with van der Waals surface area (Å²) < 4.78 is 5.90. The number of phenols is 1. The Hall–Kier alpha value is -4.91. The second-order valence-corrected chi connectivity index (χ2v) is 9.12. The SMILES string of the molecule is Cc1ccccc1COc1ccc(/C(O)=C2/C(=O)C(=O)N(Cc3cccnc3)C2c2ccc(O)cc2)cc1. The Labute approximate surface area is 220 Å². The second kappa shape index (κ2) is 10.6. The van der Waals surface area contributed by atoms with Crippen LogP contribution in [0.4, 0.5) is 0 Å². The van der Waals surface area contributed by atoms with E-state index in [-0.39, 0.29) is 23.6 Å². The van der Waals surface area contributed by atoms with Gasteiger partial charge in [0.1, 0.15) is 23.9 Å². The molecular formula is C31H26N2O5. The van der Waals surface area contributed by atoms with E-state index in [1.54, 1.807) is 54.9 Å². The lowest BCUT2D eigenvalue weighted by Crippen LogP contribution is -2.29. The van der Waals surface area contributed by atoms with Crippen molar-refractivity contribution < 1.29 is 24.5 Å². The van der Waals surface area contributed by atoms with Gasteiger partial charge >= 0.3 is 0 Å². The van der Waals surface area contributed by atoms with E-state index in [2.05, 4.69) is 4.98 Å². The summed E-state index contributed by atoms with van der Waals surface area (Å²) >= 11 is 0. The number of hydrogen-bond donors (Lipinski definition) is 2. The zero-order valence-corrected chi connectivity index (χ0v) is 20.7. The van der Waals surface area contributed by atoms with Gasteiger partial charge in [0.25, 0.3) is 11.7 Å². The summed E-state index contributed by atoms with van der Waals surface area (Å²) in [6.07, 6.45) is 3.26. The number of carbonyl (C=O) groups excluding carboxylic acids is 2. The number of phenolic OH excluding ortho intramolecular Hbond substituents is 1. The highest BCUT2D eigenvalue weighted by Gasteiger charge is 2.46. The molecule has 0 bridgehead atoms. The van der Waals surface area contributed by atoms with Gasteiger partial charge < -0.3 is 19.8 Å². The van der Waals surface area contributed by atoms with Crippen molar-refractivity contribution in [1.82, 2.24) is 9.88 Å². The summed E-state index contributed by atoms with van der Waals surface area (Å²) in [5.41, 5.74) is 3.91. The maximum absolute atomic E-state index is 13.2. The highest BCUT2D eigenvalue weighted by Crippen LogP contribution is 2.40. The Balaban J connectivity index is 1.47. The predicted molar refractivity (Wildman–Crippen MR) is 142 cm³/mol. The molecule has 1 amide bonds. The Kier molecular flexibility index (Phi) is 6.91. The average molecular weight is 507 g/mol. The molecule has 0 spiro atoms. The van der Waals surface area contributed by atoms with Gasteiger partial charge in [0.2, 0.25) is 0 Å². The monoisotopic (exact) mass is 506 g/mol. The summed E-state index contributed by atoms with van der Waals surface area (Å²) in [6, 6.07) is 23.7. The summed E-state index contributed by atoms with van der Waals surface area (Å²) in [6.45, 7) is 2.55. The molecule has 0 radical (unpaired) electrons. The van der Waals surface area contributed by atoms with Crippen LogP contribution >= 0.6 is 0 Å². The second-order valence-electron chi connectivity index (χ2n) is 9.12. The van der Waals surface area contributed by atoms with Crippen LogP contribution < -0.4 is 4.74 Å². The molecule has 1 aromatic heterocycles. The molecule has 1 saturated heterocycles. The van der Waals surface area contributed by atoms with E-state index < -0.39 is 17.7 Å². The topological polar surface area (TPSA) is 100.0 Å². The summed E-state index contributed by atoms with van der Waals surface area (Å²) in [5.74, 6) is -1.10. The van der Waals surface area contributed by atoms with Crippen molar-refractivity contribution >= 4 is 17.4 Å². The van der Waals surface area contributed by atoms with Crippen LogP contribution in [0.25, 0.3) is 5.76 Å². The number of amides is 1. The van der Waals surface area contributed by atoms with Crippen LogP contribution in [-0.4, -0.2) is 31.8 Å².